The number of nitrogens with one attached hydrogen (secondary N) is 1. The van der Waals surface area contributed by atoms with Gasteiger partial charge in [0.2, 0.25) is 10.0 Å². The van der Waals surface area contributed by atoms with E-state index in [4.69, 9.17) is 5.14 Å². The quantitative estimate of drug-likeness (QED) is 0.694. The molecule has 0 saturated carbocycles. The number of nitrogens with zero attached hydrogens (tertiary/aromatic N) is 1. The summed E-state index contributed by atoms with van der Waals surface area (Å²) in [5, 5.41) is 7.77. The molecule has 0 saturated heterocycles. The van der Waals surface area contributed by atoms with Crippen LogP contribution in [-0.4, -0.2) is 41.7 Å². The first-order chi connectivity index (χ1) is 9.62. The number of amides is 1. The molecule has 1 unspecified atom stereocenters. The van der Waals surface area contributed by atoms with Crippen LogP contribution in [0.2, 0.25) is 0 Å². The maximum atomic E-state index is 12.1. The second-order valence-electron chi connectivity index (χ2n) is 4.99. The number of rotatable bonds is 7. The Morgan fingerprint density at radius 2 is 2.10 bits per heavy atom. The van der Waals surface area contributed by atoms with Crippen LogP contribution in [-0.2, 0) is 20.8 Å². The Kier molecular flexibility index (Phi) is 6.11. The van der Waals surface area contributed by atoms with Crippen LogP contribution in [0.15, 0.2) is 17.2 Å². The molecule has 1 amide bonds. The molecule has 1 rings (SSSR count). The molecule has 0 fully saturated rings. The second-order valence-corrected chi connectivity index (χ2v) is 8.11. The lowest BCUT2D eigenvalue weighted by Gasteiger charge is -2.12. The second kappa shape index (κ2) is 7.19. The zero-order valence-corrected chi connectivity index (χ0v) is 14.0. The lowest BCUT2D eigenvalue weighted by molar-refractivity contribution is 0.0943. The van der Waals surface area contributed by atoms with E-state index in [0.29, 0.717) is 18.7 Å². The predicted octanol–water partition coefficient (Wildman–Crippen LogP) is 0.215. The fourth-order valence-electron chi connectivity index (χ4n) is 1.79. The standard InChI is InChI=1S/C12H21N3O4S2/c1-9(2)15-8-10(21(13,18)19)7-11(15)12(16)14-5-4-6-20(3)17/h7-9H,4-6H2,1-3H3,(H,14,16)(H2,13,18,19). The molecule has 0 aliphatic heterocycles. The van der Waals surface area contributed by atoms with Crippen LogP contribution >= 0.6 is 0 Å². The molecular formula is C12H21N3O4S2. The van der Waals surface area contributed by atoms with Crippen molar-refractivity contribution in [3.63, 3.8) is 0 Å². The van der Waals surface area contributed by atoms with Gasteiger partial charge >= 0.3 is 0 Å². The summed E-state index contributed by atoms with van der Waals surface area (Å²) in [6.45, 7) is 4.06. The highest BCUT2D eigenvalue weighted by atomic mass is 32.2. The van der Waals surface area contributed by atoms with E-state index in [1.54, 1.807) is 10.8 Å². The van der Waals surface area contributed by atoms with Gasteiger partial charge in [0, 0.05) is 41.6 Å². The molecule has 0 aromatic carbocycles. The van der Waals surface area contributed by atoms with Gasteiger partial charge in [0.1, 0.15) is 10.6 Å². The zero-order valence-electron chi connectivity index (χ0n) is 12.3. The molecule has 1 atom stereocenters. The van der Waals surface area contributed by atoms with E-state index in [1.165, 1.54) is 12.3 Å². The van der Waals surface area contributed by atoms with Crippen molar-refractivity contribution in [2.45, 2.75) is 31.2 Å². The summed E-state index contributed by atoms with van der Waals surface area (Å²) in [5.41, 5.74) is 0.242. The monoisotopic (exact) mass is 335 g/mol. The molecule has 0 aliphatic carbocycles. The summed E-state index contributed by atoms with van der Waals surface area (Å²) < 4.78 is 35.2. The van der Waals surface area contributed by atoms with E-state index in [0.717, 1.165) is 0 Å². The third-order valence-corrected chi connectivity index (χ3v) is 4.58. The van der Waals surface area contributed by atoms with Crippen molar-refractivity contribution in [2.75, 3.05) is 18.6 Å². The van der Waals surface area contributed by atoms with Gasteiger partial charge in [-0.25, -0.2) is 13.6 Å². The van der Waals surface area contributed by atoms with Crippen LogP contribution in [0, 0.1) is 0 Å². The van der Waals surface area contributed by atoms with Gasteiger partial charge in [-0.2, -0.15) is 0 Å². The summed E-state index contributed by atoms with van der Waals surface area (Å²) in [6, 6.07) is 1.19. The number of hydrogen-bond acceptors (Lipinski definition) is 4. The van der Waals surface area contributed by atoms with Crippen molar-refractivity contribution in [3.8, 4) is 0 Å². The van der Waals surface area contributed by atoms with Gasteiger partial charge in [-0.3, -0.25) is 9.00 Å². The average Bonchev–Trinajstić information content (AvgIpc) is 2.79. The summed E-state index contributed by atoms with van der Waals surface area (Å²) in [6.07, 6.45) is 3.55. The first-order valence-corrected chi connectivity index (χ1v) is 9.73. The molecule has 7 nitrogen and oxygen atoms in total. The smallest absolute Gasteiger partial charge is 0.267 e. The van der Waals surface area contributed by atoms with Crippen molar-refractivity contribution < 1.29 is 17.4 Å². The summed E-state index contributed by atoms with van der Waals surface area (Å²) >= 11 is 0. The molecule has 120 valence electrons. The summed E-state index contributed by atoms with van der Waals surface area (Å²) in [5.74, 6) is 0.133. The Morgan fingerprint density at radius 3 is 2.57 bits per heavy atom. The minimum atomic E-state index is -3.85. The van der Waals surface area contributed by atoms with Crippen LogP contribution < -0.4 is 10.5 Å². The fourth-order valence-corrected chi connectivity index (χ4v) is 2.87. The number of nitrogens with two attached hydrogens (primary N) is 1. The topological polar surface area (TPSA) is 111 Å². The lowest BCUT2D eigenvalue weighted by atomic mass is 10.3. The van der Waals surface area contributed by atoms with Crippen molar-refractivity contribution in [2.24, 2.45) is 5.14 Å². The summed E-state index contributed by atoms with van der Waals surface area (Å²) in [7, 11) is -4.75. The highest BCUT2D eigenvalue weighted by Crippen LogP contribution is 2.18. The van der Waals surface area contributed by atoms with Crippen molar-refractivity contribution >= 4 is 26.7 Å². The van der Waals surface area contributed by atoms with Crippen LogP contribution in [0.25, 0.3) is 0 Å². The third kappa shape index (κ3) is 5.25. The van der Waals surface area contributed by atoms with Gasteiger partial charge in [-0.05, 0) is 26.3 Å². The Labute approximate surface area is 127 Å². The molecule has 0 radical (unpaired) electrons. The fraction of sp³-hybridized carbons (Fsp3) is 0.583. The molecule has 0 aliphatic rings. The Bertz CT molecular complexity index is 635. The number of aromatic nitrogens is 1. The van der Waals surface area contributed by atoms with Gasteiger partial charge in [-0.1, -0.05) is 0 Å². The lowest BCUT2D eigenvalue weighted by Crippen LogP contribution is -2.27. The molecule has 1 aromatic rings. The van der Waals surface area contributed by atoms with E-state index < -0.39 is 20.8 Å². The number of hydrogen-bond donors (Lipinski definition) is 2. The maximum Gasteiger partial charge on any atom is 0.267 e. The molecule has 1 heterocycles. The number of carbonyl (C=O) groups is 1. The highest BCUT2D eigenvalue weighted by molar-refractivity contribution is 7.89. The van der Waals surface area contributed by atoms with Crippen molar-refractivity contribution in [1.29, 1.82) is 0 Å². The van der Waals surface area contributed by atoms with Crippen LogP contribution in [0.1, 0.15) is 36.8 Å². The van der Waals surface area contributed by atoms with Crippen LogP contribution in [0.5, 0.6) is 0 Å². The van der Waals surface area contributed by atoms with E-state index in [2.05, 4.69) is 5.32 Å². The van der Waals surface area contributed by atoms with Crippen LogP contribution in [0.4, 0.5) is 0 Å². The molecule has 21 heavy (non-hydrogen) atoms. The number of primary sulfonamides is 1. The zero-order chi connectivity index (χ0) is 16.2. The maximum absolute atomic E-state index is 12.1. The van der Waals surface area contributed by atoms with Gasteiger partial charge in [-0.15, -0.1) is 0 Å². The molecule has 9 heteroatoms. The van der Waals surface area contributed by atoms with Crippen molar-refractivity contribution in [1.82, 2.24) is 9.88 Å². The van der Waals surface area contributed by atoms with E-state index in [-0.39, 0.29) is 22.5 Å². The molecule has 3 N–H and O–H groups in total. The minimum Gasteiger partial charge on any atom is -0.351 e. The predicted molar refractivity (Wildman–Crippen MR) is 82.1 cm³/mol. The van der Waals surface area contributed by atoms with Crippen molar-refractivity contribution in [3.05, 3.63) is 18.0 Å². The Balaban J connectivity index is 2.88. The number of carbonyl (C=O) groups excluding carboxylic acids is 1. The molecule has 0 bridgehead atoms. The van der Waals surface area contributed by atoms with E-state index in [9.17, 15) is 17.4 Å². The van der Waals surface area contributed by atoms with Gasteiger partial charge in [0.05, 0.1) is 0 Å². The number of sulfonamides is 1. The normalized spacial score (nSPS) is 13.4. The highest BCUT2D eigenvalue weighted by Gasteiger charge is 2.20. The van der Waals surface area contributed by atoms with E-state index >= 15 is 0 Å². The molecule has 0 spiro atoms. The largest absolute Gasteiger partial charge is 0.351 e. The van der Waals surface area contributed by atoms with Gasteiger partial charge in [0.25, 0.3) is 5.91 Å². The first-order valence-electron chi connectivity index (χ1n) is 6.46. The Hall–Kier alpha value is -1.19. The van der Waals surface area contributed by atoms with Gasteiger partial charge in [0.15, 0.2) is 0 Å². The van der Waals surface area contributed by atoms with Crippen LogP contribution in [0.3, 0.4) is 0 Å². The minimum absolute atomic E-state index is 0.0793. The SMILES string of the molecule is CC(C)n1cc(S(N)(=O)=O)cc1C(=O)NCCCS(C)=O. The summed E-state index contributed by atoms with van der Waals surface area (Å²) in [4.78, 5) is 12.0. The third-order valence-electron chi connectivity index (χ3n) is 2.84. The van der Waals surface area contributed by atoms with E-state index in [1.807, 2.05) is 13.8 Å². The average molecular weight is 335 g/mol. The molecule has 1 aromatic heterocycles. The molecular weight excluding hydrogens is 314 g/mol. The first kappa shape index (κ1) is 17.9. The Morgan fingerprint density at radius 1 is 1.48 bits per heavy atom. The van der Waals surface area contributed by atoms with Gasteiger partial charge < -0.3 is 9.88 Å².